The second-order valence-corrected chi connectivity index (χ2v) is 6.98. The molecule has 2 aromatic rings. The molecule has 112 valence electrons. The fourth-order valence-corrected chi connectivity index (χ4v) is 3.51. The van der Waals surface area contributed by atoms with Gasteiger partial charge in [0, 0.05) is 22.6 Å². The van der Waals surface area contributed by atoms with E-state index in [4.69, 9.17) is 0 Å². The third kappa shape index (κ3) is 3.03. The molecule has 0 spiro atoms. The van der Waals surface area contributed by atoms with Crippen LogP contribution < -0.4 is 5.32 Å². The molecule has 0 aliphatic carbocycles. The zero-order valence-corrected chi connectivity index (χ0v) is 14.7. The van der Waals surface area contributed by atoms with Gasteiger partial charge in [0.25, 0.3) is 0 Å². The zero-order chi connectivity index (χ0) is 14.8. The number of nitrogens with one attached hydrogen (secondary N) is 1. The van der Waals surface area contributed by atoms with Crippen LogP contribution in [0.2, 0.25) is 0 Å². The summed E-state index contributed by atoms with van der Waals surface area (Å²) in [5, 5.41) is 13.3. The maximum Gasteiger partial charge on any atom is 0.195 e. The van der Waals surface area contributed by atoms with Crippen LogP contribution in [0.15, 0.2) is 27.8 Å². The first kappa shape index (κ1) is 15.1. The third-order valence-electron chi connectivity index (χ3n) is 3.90. The van der Waals surface area contributed by atoms with Crippen LogP contribution in [0.4, 0.5) is 0 Å². The van der Waals surface area contributed by atoms with Crippen molar-refractivity contribution < 1.29 is 0 Å². The van der Waals surface area contributed by atoms with Crippen LogP contribution in [0.3, 0.4) is 0 Å². The highest BCUT2D eigenvalue weighted by atomic mass is 79.9. The SMILES string of the molecule is CSc1nnc(C2CCCNC2)n1-c1ccc(Br)c(C)c1. The number of hydrogen-bond acceptors (Lipinski definition) is 4. The topological polar surface area (TPSA) is 42.7 Å². The van der Waals surface area contributed by atoms with Crippen LogP contribution in [-0.4, -0.2) is 34.1 Å². The minimum atomic E-state index is 0.441. The standard InChI is InChI=1S/C15H19BrN4S/c1-10-8-12(5-6-13(10)16)20-14(18-19-15(20)21-2)11-4-3-7-17-9-11/h5-6,8,11,17H,3-4,7,9H2,1-2H3. The van der Waals surface area contributed by atoms with Gasteiger partial charge in [-0.05, 0) is 56.3 Å². The minimum Gasteiger partial charge on any atom is -0.316 e. The summed E-state index contributed by atoms with van der Waals surface area (Å²) < 4.78 is 3.34. The molecular weight excluding hydrogens is 348 g/mol. The zero-order valence-electron chi connectivity index (χ0n) is 12.3. The van der Waals surface area contributed by atoms with Crippen LogP contribution >= 0.6 is 27.7 Å². The van der Waals surface area contributed by atoms with Crippen molar-refractivity contribution in [1.82, 2.24) is 20.1 Å². The number of nitrogens with zero attached hydrogens (tertiary/aromatic N) is 3. The highest BCUT2D eigenvalue weighted by molar-refractivity contribution is 9.10. The maximum absolute atomic E-state index is 4.48. The van der Waals surface area contributed by atoms with Gasteiger partial charge < -0.3 is 5.32 Å². The van der Waals surface area contributed by atoms with Crippen LogP contribution in [0.1, 0.15) is 30.1 Å². The van der Waals surface area contributed by atoms with Crippen molar-refractivity contribution >= 4 is 27.7 Å². The Balaban J connectivity index is 2.06. The predicted octanol–water partition coefficient (Wildman–Crippen LogP) is 3.53. The van der Waals surface area contributed by atoms with Crippen molar-refractivity contribution in [2.24, 2.45) is 0 Å². The summed E-state index contributed by atoms with van der Waals surface area (Å²) >= 11 is 5.21. The molecule has 1 atom stereocenters. The first-order valence-corrected chi connectivity index (χ1v) is 9.19. The van der Waals surface area contributed by atoms with Gasteiger partial charge >= 0.3 is 0 Å². The fraction of sp³-hybridized carbons (Fsp3) is 0.467. The molecule has 0 amide bonds. The van der Waals surface area contributed by atoms with Crippen LogP contribution in [0.25, 0.3) is 5.69 Å². The number of piperidine rings is 1. The number of thioether (sulfide) groups is 1. The second-order valence-electron chi connectivity index (χ2n) is 5.36. The van der Waals surface area contributed by atoms with Gasteiger partial charge in [-0.2, -0.15) is 0 Å². The van der Waals surface area contributed by atoms with Crippen LogP contribution in [-0.2, 0) is 0 Å². The van der Waals surface area contributed by atoms with Crippen molar-refractivity contribution in [2.75, 3.05) is 19.3 Å². The molecule has 1 unspecified atom stereocenters. The maximum atomic E-state index is 4.48. The number of halogens is 1. The Morgan fingerprint density at radius 2 is 2.24 bits per heavy atom. The molecule has 2 heterocycles. The summed E-state index contributed by atoms with van der Waals surface area (Å²) in [7, 11) is 0. The van der Waals surface area contributed by atoms with Crippen molar-refractivity contribution in [3.63, 3.8) is 0 Å². The van der Waals surface area contributed by atoms with E-state index in [-0.39, 0.29) is 0 Å². The third-order valence-corrected chi connectivity index (χ3v) is 5.42. The number of hydrogen-bond donors (Lipinski definition) is 1. The van der Waals surface area contributed by atoms with Gasteiger partial charge in [-0.15, -0.1) is 10.2 Å². The molecule has 1 saturated heterocycles. The number of aryl methyl sites for hydroxylation is 1. The number of rotatable bonds is 3. The largest absolute Gasteiger partial charge is 0.316 e. The van der Waals surface area contributed by atoms with Crippen molar-refractivity contribution in [2.45, 2.75) is 30.8 Å². The van der Waals surface area contributed by atoms with E-state index in [1.165, 1.54) is 18.4 Å². The average Bonchev–Trinajstić information content (AvgIpc) is 2.95. The van der Waals surface area contributed by atoms with Gasteiger partial charge in [0.05, 0.1) is 0 Å². The van der Waals surface area contributed by atoms with E-state index in [2.05, 4.69) is 67.4 Å². The van der Waals surface area contributed by atoms with E-state index >= 15 is 0 Å². The monoisotopic (exact) mass is 366 g/mol. The summed E-state index contributed by atoms with van der Waals surface area (Å²) in [6, 6.07) is 6.41. The van der Waals surface area contributed by atoms with E-state index in [0.717, 1.165) is 34.2 Å². The van der Waals surface area contributed by atoms with Gasteiger partial charge in [0.15, 0.2) is 5.16 Å². The molecule has 1 aromatic heterocycles. The first-order chi connectivity index (χ1) is 10.2. The van der Waals surface area contributed by atoms with Crippen LogP contribution in [0.5, 0.6) is 0 Å². The van der Waals surface area contributed by atoms with Gasteiger partial charge in [-0.25, -0.2) is 0 Å². The summed E-state index contributed by atoms with van der Waals surface area (Å²) in [4.78, 5) is 0. The van der Waals surface area contributed by atoms with E-state index in [1.54, 1.807) is 11.8 Å². The van der Waals surface area contributed by atoms with Crippen molar-refractivity contribution in [1.29, 1.82) is 0 Å². The van der Waals surface area contributed by atoms with E-state index < -0.39 is 0 Å². The molecule has 3 rings (SSSR count). The Labute approximate surface area is 137 Å². The smallest absolute Gasteiger partial charge is 0.195 e. The highest BCUT2D eigenvalue weighted by Gasteiger charge is 2.23. The molecule has 1 aliphatic rings. The Hall–Kier alpha value is -0.850. The molecular formula is C15H19BrN4S. The Bertz CT molecular complexity index is 635. The van der Waals surface area contributed by atoms with Crippen molar-refractivity contribution in [3.05, 3.63) is 34.1 Å². The fourth-order valence-electron chi connectivity index (χ4n) is 2.76. The molecule has 1 fully saturated rings. The average molecular weight is 367 g/mol. The van der Waals surface area contributed by atoms with Gasteiger partial charge in [-0.1, -0.05) is 27.7 Å². The van der Waals surface area contributed by atoms with E-state index in [9.17, 15) is 0 Å². The van der Waals surface area contributed by atoms with E-state index in [1.807, 2.05) is 0 Å². The normalized spacial score (nSPS) is 18.9. The van der Waals surface area contributed by atoms with Crippen molar-refractivity contribution in [3.8, 4) is 5.69 Å². The summed E-state index contributed by atoms with van der Waals surface area (Å²) in [6.07, 6.45) is 4.43. The van der Waals surface area contributed by atoms with Gasteiger partial charge in [-0.3, -0.25) is 4.57 Å². The lowest BCUT2D eigenvalue weighted by atomic mass is 9.99. The lowest BCUT2D eigenvalue weighted by Crippen LogP contribution is -2.30. The molecule has 0 bridgehead atoms. The summed E-state index contributed by atoms with van der Waals surface area (Å²) in [5.41, 5.74) is 2.37. The number of benzene rings is 1. The molecule has 1 N–H and O–H groups in total. The highest BCUT2D eigenvalue weighted by Crippen LogP contribution is 2.29. The minimum absolute atomic E-state index is 0.441. The molecule has 1 aliphatic heterocycles. The number of aromatic nitrogens is 3. The molecule has 4 nitrogen and oxygen atoms in total. The molecule has 21 heavy (non-hydrogen) atoms. The lowest BCUT2D eigenvalue weighted by Gasteiger charge is -2.23. The lowest BCUT2D eigenvalue weighted by molar-refractivity contribution is 0.441. The summed E-state index contributed by atoms with van der Waals surface area (Å²) in [6.45, 7) is 4.21. The summed E-state index contributed by atoms with van der Waals surface area (Å²) in [5.74, 6) is 1.52. The Kier molecular flexibility index (Phi) is 4.66. The Morgan fingerprint density at radius 3 is 2.90 bits per heavy atom. The Morgan fingerprint density at radius 1 is 1.38 bits per heavy atom. The molecule has 1 aromatic carbocycles. The van der Waals surface area contributed by atoms with Gasteiger partial charge in [0.1, 0.15) is 5.82 Å². The van der Waals surface area contributed by atoms with E-state index in [0.29, 0.717) is 5.92 Å². The predicted molar refractivity (Wildman–Crippen MR) is 90.4 cm³/mol. The molecule has 0 saturated carbocycles. The van der Waals surface area contributed by atoms with Gasteiger partial charge in [0.2, 0.25) is 0 Å². The second kappa shape index (κ2) is 6.50. The van der Waals surface area contributed by atoms with Crippen LogP contribution in [0, 0.1) is 6.92 Å². The quantitative estimate of drug-likeness (QED) is 0.843. The molecule has 0 radical (unpaired) electrons. The molecule has 6 heteroatoms. The first-order valence-electron chi connectivity index (χ1n) is 7.17.